The second kappa shape index (κ2) is 6.22. The van der Waals surface area contributed by atoms with Gasteiger partial charge in [-0.25, -0.2) is 10.8 Å². The van der Waals surface area contributed by atoms with Crippen LogP contribution in [0.4, 0.5) is 5.82 Å². The first kappa shape index (κ1) is 14.8. The van der Waals surface area contributed by atoms with E-state index in [1.807, 2.05) is 48.5 Å². The average molecular weight is 351 g/mol. The zero-order valence-electron chi connectivity index (χ0n) is 10.5. The van der Waals surface area contributed by atoms with Gasteiger partial charge in [0.05, 0.1) is 5.52 Å². The molecule has 0 aliphatic heterocycles. The minimum atomic E-state index is 0. The van der Waals surface area contributed by atoms with Crippen molar-refractivity contribution in [1.82, 2.24) is 4.98 Å². The Kier molecular flexibility index (Phi) is 4.60. The van der Waals surface area contributed by atoms with Gasteiger partial charge in [0.15, 0.2) is 0 Å². The van der Waals surface area contributed by atoms with E-state index in [0.717, 1.165) is 26.5 Å². The molecule has 3 rings (SSSR count). The van der Waals surface area contributed by atoms with Crippen molar-refractivity contribution in [2.45, 2.75) is 0 Å². The van der Waals surface area contributed by atoms with Crippen LogP contribution in [0.5, 0.6) is 0 Å². The number of benzene rings is 2. The van der Waals surface area contributed by atoms with Gasteiger partial charge in [-0.15, -0.1) is 12.4 Å². The van der Waals surface area contributed by atoms with Gasteiger partial charge in [0.25, 0.3) is 0 Å². The molecule has 3 aromatic rings. The Labute approximate surface area is 131 Å². The zero-order chi connectivity index (χ0) is 13.2. The lowest BCUT2D eigenvalue weighted by atomic mass is 10.0. The number of pyridine rings is 1. The molecule has 0 unspecified atom stereocenters. The minimum Gasteiger partial charge on any atom is -0.308 e. The molecule has 0 bridgehead atoms. The molecule has 0 aliphatic carbocycles. The van der Waals surface area contributed by atoms with E-state index in [4.69, 9.17) is 5.84 Å². The molecule has 102 valence electrons. The van der Waals surface area contributed by atoms with Gasteiger partial charge in [0, 0.05) is 15.4 Å². The number of anilines is 1. The number of hydrogen-bond donors (Lipinski definition) is 2. The van der Waals surface area contributed by atoms with Gasteiger partial charge in [-0.1, -0.05) is 52.3 Å². The van der Waals surface area contributed by atoms with Crippen molar-refractivity contribution in [1.29, 1.82) is 0 Å². The van der Waals surface area contributed by atoms with E-state index < -0.39 is 0 Å². The monoisotopic (exact) mass is 349 g/mol. The largest absolute Gasteiger partial charge is 0.308 e. The molecule has 3 N–H and O–H groups in total. The summed E-state index contributed by atoms with van der Waals surface area (Å²) < 4.78 is 1.00. The summed E-state index contributed by atoms with van der Waals surface area (Å²) in [6.07, 6.45) is 0. The van der Waals surface area contributed by atoms with Crippen LogP contribution in [-0.2, 0) is 0 Å². The van der Waals surface area contributed by atoms with Gasteiger partial charge < -0.3 is 5.43 Å². The van der Waals surface area contributed by atoms with Gasteiger partial charge in [0.1, 0.15) is 5.82 Å². The first-order chi connectivity index (χ1) is 9.28. The number of hydrogen-bond acceptors (Lipinski definition) is 3. The number of nitrogens with two attached hydrogens (primary N) is 1. The smallest absolute Gasteiger partial charge is 0.148 e. The summed E-state index contributed by atoms with van der Waals surface area (Å²) in [5.74, 6) is 6.27. The molecule has 0 fully saturated rings. The van der Waals surface area contributed by atoms with Crippen molar-refractivity contribution in [3.05, 3.63) is 59.1 Å². The molecule has 0 spiro atoms. The highest BCUT2D eigenvalue weighted by atomic mass is 79.9. The molecule has 20 heavy (non-hydrogen) atoms. The predicted octanol–water partition coefficient (Wildman–Crippen LogP) is 4.37. The number of halogens is 2. The number of nitrogens with zero attached hydrogens (tertiary/aromatic N) is 1. The Morgan fingerprint density at radius 2 is 1.75 bits per heavy atom. The second-order valence-electron chi connectivity index (χ2n) is 4.23. The molecular formula is C15H13BrClN3. The van der Waals surface area contributed by atoms with Crippen LogP contribution in [0.1, 0.15) is 0 Å². The summed E-state index contributed by atoms with van der Waals surface area (Å²) >= 11 is 3.45. The van der Waals surface area contributed by atoms with Gasteiger partial charge in [-0.2, -0.15) is 0 Å². The molecule has 0 saturated carbocycles. The number of hydrazine groups is 1. The molecule has 0 atom stereocenters. The predicted molar refractivity (Wildman–Crippen MR) is 89.9 cm³/mol. The molecule has 1 aromatic heterocycles. The Morgan fingerprint density at radius 1 is 1.00 bits per heavy atom. The maximum absolute atomic E-state index is 5.59. The fourth-order valence-electron chi connectivity index (χ4n) is 2.09. The van der Waals surface area contributed by atoms with Crippen LogP contribution in [0.15, 0.2) is 59.1 Å². The molecule has 5 heteroatoms. The summed E-state index contributed by atoms with van der Waals surface area (Å²) in [6, 6.07) is 18.2. The summed E-state index contributed by atoms with van der Waals surface area (Å²) in [4.78, 5) is 4.56. The van der Waals surface area contributed by atoms with Crippen molar-refractivity contribution in [3.63, 3.8) is 0 Å². The maximum atomic E-state index is 5.59. The molecule has 0 saturated heterocycles. The summed E-state index contributed by atoms with van der Waals surface area (Å²) in [5.41, 5.74) is 5.67. The van der Waals surface area contributed by atoms with Crippen molar-refractivity contribution in [2.24, 2.45) is 5.84 Å². The van der Waals surface area contributed by atoms with Crippen molar-refractivity contribution >= 4 is 45.1 Å². The first-order valence-corrected chi connectivity index (χ1v) is 6.69. The van der Waals surface area contributed by atoms with E-state index >= 15 is 0 Å². The molecule has 0 amide bonds. The summed E-state index contributed by atoms with van der Waals surface area (Å²) in [7, 11) is 0. The molecule has 0 radical (unpaired) electrons. The van der Waals surface area contributed by atoms with Crippen LogP contribution in [0.2, 0.25) is 0 Å². The fraction of sp³-hybridized carbons (Fsp3) is 0. The number of rotatable bonds is 2. The maximum Gasteiger partial charge on any atom is 0.148 e. The Bertz CT molecular complexity index is 732. The highest BCUT2D eigenvalue weighted by molar-refractivity contribution is 9.10. The van der Waals surface area contributed by atoms with Gasteiger partial charge in [-0.3, -0.25) is 0 Å². The van der Waals surface area contributed by atoms with Gasteiger partial charge in [0.2, 0.25) is 0 Å². The van der Waals surface area contributed by atoms with Crippen LogP contribution in [0.3, 0.4) is 0 Å². The quantitative estimate of drug-likeness (QED) is 0.533. The van der Waals surface area contributed by atoms with Crippen LogP contribution in [0.25, 0.3) is 22.0 Å². The second-order valence-corrected chi connectivity index (χ2v) is 5.15. The molecular weight excluding hydrogens is 338 g/mol. The lowest BCUT2D eigenvalue weighted by molar-refractivity contribution is 1.26. The van der Waals surface area contributed by atoms with E-state index in [1.165, 1.54) is 0 Å². The van der Waals surface area contributed by atoms with Crippen molar-refractivity contribution in [2.75, 3.05) is 5.43 Å². The van der Waals surface area contributed by atoms with Gasteiger partial charge >= 0.3 is 0 Å². The van der Waals surface area contributed by atoms with E-state index in [0.29, 0.717) is 5.82 Å². The zero-order valence-corrected chi connectivity index (χ0v) is 12.9. The normalized spacial score (nSPS) is 10.1. The lowest BCUT2D eigenvalue weighted by Crippen LogP contribution is -2.10. The van der Waals surface area contributed by atoms with Crippen molar-refractivity contribution in [3.8, 4) is 11.1 Å². The fourth-order valence-corrected chi connectivity index (χ4v) is 2.44. The summed E-state index contributed by atoms with van der Waals surface area (Å²) in [6.45, 7) is 0. The van der Waals surface area contributed by atoms with Crippen LogP contribution in [0, 0.1) is 0 Å². The van der Waals surface area contributed by atoms with E-state index in [1.54, 1.807) is 0 Å². The van der Waals surface area contributed by atoms with E-state index in [-0.39, 0.29) is 12.4 Å². The molecule has 1 heterocycles. The topological polar surface area (TPSA) is 50.9 Å². The Balaban J connectivity index is 0.00000147. The van der Waals surface area contributed by atoms with Crippen LogP contribution in [-0.4, -0.2) is 4.98 Å². The van der Waals surface area contributed by atoms with Crippen LogP contribution >= 0.6 is 28.3 Å². The summed E-state index contributed by atoms with van der Waals surface area (Å²) in [5, 5.41) is 1.08. The molecule has 2 aromatic carbocycles. The Morgan fingerprint density at radius 3 is 2.45 bits per heavy atom. The minimum absolute atomic E-state index is 0. The van der Waals surface area contributed by atoms with E-state index in [9.17, 15) is 0 Å². The third-order valence-corrected chi connectivity index (χ3v) is 3.49. The average Bonchev–Trinajstić information content (AvgIpc) is 2.46. The number of aromatic nitrogens is 1. The SMILES string of the molecule is Cl.NNc1nc2cc(Br)ccc2cc1-c1ccccc1. The van der Waals surface area contributed by atoms with E-state index in [2.05, 4.69) is 32.4 Å². The molecule has 0 aliphatic rings. The van der Waals surface area contributed by atoms with Crippen LogP contribution < -0.4 is 11.3 Å². The highest BCUT2D eigenvalue weighted by Crippen LogP contribution is 2.30. The number of fused-ring (bicyclic) bond motifs is 1. The third kappa shape index (κ3) is 2.77. The number of nitrogens with one attached hydrogen (secondary N) is 1. The first-order valence-electron chi connectivity index (χ1n) is 5.90. The third-order valence-electron chi connectivity index (χ3n) is 3.00. The highest BCUT2D eigenvalue weighted by Gasteiger charge is 2.08. The Hall–Kier alpha value is -1.62. The standard InChI is InChI=1S/C15H12BrN3.ClH/c16-12-7-6-11-8-13(10-4-2-1-3-5-10)15(19-17)18-14(11)9-12;/h1-9H,17H2,(H,18,19);1H. The van der Waals surface area contributed by atoms with Crippen molar-refractivity contribution < 1.29 is 0 Å². The molecule has 3 nitrogen and oxygen atoms in total. The lowest BCUT2D eigenvalue weighted by Gasteiger charge is -2.10. The van der Waals surface area contributed by atoms with Gasteiger partial charge in [-0.05, 0) is 23.8 Å². The number of nitrogen functional groups attached to an aromatic ring is 1.